The molecule has 0 aromatic heterocycles. The van der Waals surface area contributed by atoms with E-state index in [1.807, 2.05) is 37.3 Å². The average molecular weight is 446 g/mol. The van der Waals surface area contributed by atoms with E-state index in [1.54, 1.807) is 17.0 Å². The standard InChI is InChI=1S/C22H27N3O5S/c1-2-30-14-6-13-23-31(28,29)20-11-9-18(10-12-20)24-22(27)17-15-21(26)25(16-17)19-7-4-3-5-8-19/h3-5,7-12,17,23H,2,6,13-16H2,1H3,(H,24,27). The third-order valence-corrected chi connectivity index (χ3v) is 6.43. The Morgan fingerprint density at radius 2 is 1.84 bits per heavy atom. The molecule has 166 valence electrons. The van der Waals surface area contributed by atoms with Crippen LogP contribution in [-0.4, -0.2) is 46.5 Å². The van der Waals surface area contributed by atoms with Crippen molar-refractivity contribution in [3.05, 3.63) is 54.6 Å². The van der Waals surface area contributed by atoms with Gasteiger partial charge in [0.05, 0.1) is 10.8 Å². The number of sulfonamides is 1. The van der Waals surface area contributed by atoms with Gasteiger partial charge in [0.2, 0.25) is 21.8 Å². The highest BCUT2D eigenvalue weighted by Crippen LogP contribution is 2.26. The van der Waals surface area contributed by atoms with Gasteiger partial charge in [-0.2, -0.15) is 0 Å². The highest BCUT2D eigenvalue weighted by molar-refractivity contribution is 7.89. The van der Waals surface area contributed by atoms with Crippen molar-refractivity contribution >= 4 is 33.2 Å². The zero-order chi connectivity index (χ0) is 22.3. The van der Waals surface area contributed by atoms with Crippen molar-refractivity contribution in [1.29, 1.82) is 0 Å². The van der Waals surface area contributed by atoms with Gasteiger partial charge in [-0.3, -0.25) is 9.59 Å². The number of anilines is 2. The molecule has 1 aliphatic heterocycles. The van der Waals surface area contributed by atoms with E-state index in [9.17, 15) is 18.0 Å². The number of para-hydroxylation sites is 1. The fourth-order valence-corrected chi connectivity index (χ4v) is 4.38. The molecule has 1 heterocycles. The van der Waals surface area contributed by atoms with Gasteiger partial charge in [0.25, 0.3) is 0 Å². The molecule has 1 fully saturated rings. The van der Waals surface area contributed by atoms with Gasteiger partial charge in [-0.15, -0.1) is 0 Å². The summed E-state index contributed by atoms with van der Waals surface area (Å²) in [5, 5.41) is 2.77. The maximum absolute atomic E-state index is 12.6. The van der Waals surface area contributed by atoms with Crippen molar-refractivity contribution in [3.63, 3.8) is 0 Å². The minimum atomic E-state index is -3.62. The lowest BCUT2D eigenvalue weighted by Gasteiger charge is -2.16. The maximum Gasteiger partial charge on any atom is 0.240 e. The van der Waals surface area contributed by atoms with Gasteiger partial charge in [0, 0.05) is 44.1 Å². The summed E-state index contributed by atoms with van der Waals surface area (Å²) in [5.41, 5.74) is 1.25. The smallest absolute Gasteiger partial charge is 0.240 e. The van der Waals surface area contributed by atoms with E-state index in [0.29, 0.717) is 31.9 Å². The highest BCUT2D eigenvalue weighted by Gasteiger charge is 2.35. The molecule has 1 aliphatic rings. The zero-order valence-corrected chi connectivity index (χ0v) is 18.2. The second kappa shape index (κ2) is 10.5. The SMILES string of the molecule is CCOCCCNS(=O)(=O)c1ccc(NC(=O)C2CC(=O)N(c3ccccc3)C2)cc1. The lowest BCUT2D eigenvalue weighted by Crippen LogP contribution is -2.28. The van der Waals surface area contributed by atoms with Crippen LogP contribution in [0.25, 0.3) is 0 Å². The Hall–Kier alpha value is -2.75. The largest absolute Gasteiger partial charge is 0.382 e. The van der Waals surface area contributed by atoms with Crippen molar-refractivity contribution in [2.45, 2.75) is 24.7 Å². The monoisotopic (exact) mass is 445 g/mol. The number of ether oxygens (including phenoxy) is 1. The minimum absolute atomic E-state index is 0.0943. The molecule has 9 heteroatoms. The molecular weight excluding hydrogens is 418 g/mol. The van der Waals surface area contributed by atoms with E-state index < -0.39 is 15.9 Å². The molecule has 0 aliphatic carbocycles. The molecular formula is C22H27N3O5S. The van der Waals surface area contributed by atoms with Crippen LogP contribution in [0.1, 0.15) is 19.8 Å². The fraction of sp³-hybridized carbons (Fsp3) is 0.364. The Kier molecular flexibility index (Phi) is 7.78. The molecule has 0 saturated carbocycles. The number of rotatable bonds is 10. The van der Waals surface area contributed by atoms with Crippen LogP contribution < -0.4 is 14.9 Å². The third-order valence-electron chi connectivity index (χ3n) is 4.96. The van der Waals surface area contributed by atoms with Crippen LogP contribution in [0.3, 0.4) is 0 Å². The molecule has 2 aromatic rings. The van der Waals surface area contributed by atoms with Crippen molar-refractivity contribution in [1.82, 2.24) is 4.72 Å². The van der Waals surface area contributed by atoms with E-state index in [0.717, 1.165) is 5.69 Å². The molecule has 2 N–H and O–H groups in total. The lowest BCUT2D eigenvalue weighted by atomic mass is 10.1. The predicted octanol–water partition coefficient (Wildman–Crippen LogP) is 2.38. The number of carbonyl (C=O) groups excluding carboxylic acids is 2. The summed E-state index contributed by atoms with van der Waals surface area (Å²) in [6.45, 7) is 3.57. The topological polar surface area (TPSA) is 105 Å². The Morgan fingerprint density at radius 1 is 1.13 bits per heavy atom. The molecule has 1 saturated heterocycles. The average Bonchev–Trinajstić information content (AvgIpc) is 3.16. The Bertz CT molecular complexity index is 994. The van der Waals surface area contributed by atoms with Crippen LogP contribution in [0.15, 0.2) is 59.5 Å². The van der Waals surface area contributed by atoms with E-state index in [-0.39, 0.29) is 29.7 Å². The van der Waals surface area contributed by atoms with Crippen molar-refractivity contribution in [2.75, 3.05) is 36.5 Å². The van der Waals surface area contributed by atoms with Crippen LogP contribution >= 0.6 is 0 Å². The van der Waals surface area contributed by atoms with E-state index >= 15 is 0 Å². The molecule has 2 aromatic carbocycles. The number of nitrogens with one attached hydrogen (secondary N) is 2. The molecule has 0 bridgehead atoms. The molecule has 3 rings (SSSR count). The number of nitrogens with zero attached hydrogens (tertiary/aromatic N) is 1. The highest BCUT2D eigenvalue weighted by atomic mass is 32.2. The number of carbonyl (C=O) groups is 2. The van der Waals surface area contributed by atoms with Crippen LogP contribution in [0, 0.1) is 5.92 Å². The van der Waals surface area contributed by atoms with Crippen LogP contribution in [0.5, 0.6) is 0 Å². The molecule has 31 heavy (non-hydrogen) atoms. The lowest BCUT2D eigenvalue weighted by molar-refractivity contribution is -0.122. The maximum atomic E-state index is 12.6. The number of hydrogen-bond donors (Lipinski definition) is 2. The van der Waals surface area contributed by atoms with Gasteiger partial charge in [-0.05, 0) is 49.7 Å². The van der Waals surface area contributed by atoms with E-state index in [2.05, 4.69) is 10.0 Å². The van der Waals surface area contributed by atoms with Crippen LogP contribution in [0.4, 0.5) is 11.4 Å². The first-order valence-electron chi connectivity index (χ1n) is 10.2. The third kappa shape index (κ3) is 6.13. The first-order chi connectivity index (χ1) is 14.9. The summed E-state index contributed by atoms with van der Waals surface area (Å²) >= 11 is 0. The summed E-state index contributed by atoms with van der Waals surface area (Å²) in [4.78, 5) is 26.6. The zero-order valence-electron chi connectivity index (χ0n) is 17.4. The van der Waals surface area contributed by atoms with E-state index in [1.165, 1.54) is 12.1 Å². The fourth-order valence-electron chi connectivity index (χ4n) is 3.31. The van der Waals surface area contributed by atoms with Crippen molar-refractivity contribution < 1.29 is 22.7 Å². The van der Waals surface area contributed by atoms with E-state index in [4.69, 9.17) is 4.74 Å². The Morgan fingerprint density at radius 3 is 2.52 bits per heavy atom. The second-order valence-corrected chi connectivity index (χ2v) is 8.97. The Labute approximate surface area is 182 Å². The molecule has 0 spiro atoms. The van der Waals surface area contributed by atoms with Gasteiger partial charge in [0.15, 0.2) is 0 Å². The van der Waals surface area contributed by atoms with Gasteiger partial charge in [-0.1, -0.05) is 18.2 Å². The molecule has 1 unspecified atom stereocenters. The number of hydrogen-bond acceptors (Lipinski definition) is 5. The van der Waals surface area contributed by atoms with Gasteiger partial charge in [0.1, 0.15) is 0 Å². The molecule has 1 atom stereocenters. The number of amides is 2. The molecule has 0 radical (unpaired) electrons. The predicted molar refractivity (Wildman–Crippen MR) is 118 cm³/mol. The summed E-state index contributed by atoms with van der Waals surface area (Å²) in [5.74, 6) is -0.831. The van der Waals surface area contributed by atoms with Crippen LogP contribution in [-0.2, 0) is 24.3 Å². The van der Waals surface area contributed by atoms with Crippen molar-refractivity contribution in [3.8, 4) is 0 Å². The van der Waals surface area contributed by atoms with Crippen LogP contribution in [0.2, 0.25) is 0 Å². The van der Waals surface area contributed by atoms with Crippen molar-refractivity contribution in [2.24, 2.45) is 5.92 Å². The first-order valence-corrected chi connectivity index (χ1v) is 11.7. The minimum Gasteiger partial charge on any atom is -0.382 e. The van der Waals surface area contributed by atoms with Gasteiger partial charge >= 0.3 is 0 Å². The summed E-state index contributed by atoms with van der Waals surface area (Å²) in [7, 11) is -3.62. The summed E-state index contributed by atoms with van der Waals surface area (Å²) in [6.07, 6.45) is 0.722. The molecule has 8 nitrogen and oxygen atoms in total. The first kappa shape index (κ1) is 22.9. The Balaban J connectivity index is 1.55. The summed E-state index contributed by atoms with van der Waals surface area (Å²) in [6, 6.07) is 15.2. The summed E-state index contributed by atoms with van der Waals surface area (Å²) < 4.78 is 32.4. The normalized spacial score (nSPS) is 16.5. The van der Waals surface area contributed by atoms with Gasteiger partial charge < -0.3 is 15.0 Å². The molecule has 2 amide bonds. The van der Waals surface area contributed by atoms with Gasteiger partial charge in [-0.25, -0.2) is 13.1 Å². The second-order valence-electron chi connectivity index (χ2n) is 7.20. The number of benzene rings is 2. The quantitative estimate of drug-likeness (QED) is 0.547.